The fraction of sp³-hybridized carbons (Fsp3) is 0.667. The second-order valence-corrected chi connectivity index (χ2v) is 6.02. The van der Waals surface area contributed by atoms with E-state index in [-0.39, 0.29) is 5.97 Å². The number of nitrogens with one attached hydrogen (secondary N) is 1. The van der Waals surface area contributed by atoms with Gasteiger partial charge in [0.05, 0.1) is 12.2 Å². The molecule has 0 saturated carbocycles. The number of esters is 1. The van der Waals surface area contributed by atoms with E-state index >= 15 is 0 Å². The average Bonchev–Trinajstić information content (AvgIpc) is 2.77. The predicted octanol–water partition coefficient (Wildman–Crippen LogP) is 4.02. The first kappa shape index (κ1) is 14.4. The molecule has 0 saturated heterocycles. The number of fused-ring (bicyclic) bond motifs is 1. The highest BCUT2D eigenvalue weighted by atomic mass is 32.1. The maximum absolute atomic E-state index is 12.2. The molecule has 0 unspecified atom stereocenters. The number of ether oxygens (including phenoxy) is 1. The van der Waals surface area contributed by atoms with E-state index in [1.807, 2.05) is 6.92 Å². The summed E-state index contributed by atoms with van der Waals surface area (Å²) in [7, 11) is 0. The number of aryl methyl sites for hydroxylation is 1. The molecule has 1 aliphatic carbocycles. The average molecular weight is 281 g/mol. The summed E-state index contributed by atoms with van der Waals surface area (Å²) in [6.07, 6.45) is 6.85. The molecule has 0 aromatic carbocycles. The van der Waals surface area contributed by atoms with Crippen LogP contribution in [0.15, 0.2) is 0 Å². The number of carbonyl (C=O) groups excluding carboxylic acids is 1. The lowest BCUT2D eigenvalue weighted by atomic mass is 9.95. The van der Waals surface area contributed by atoms with Gasteiger partial charge < -0.3 is 10.1 Å². The molecule has 19 heavy (non-hydrogen) atoms. The number of unbranched alkanes of at least 4 members (excludes halogenated alkanes) is 1. The van der Waals surface area contributed by atoms with Gasteiger partial charge in [0.25, 0.3) is 0 Å². The molecule has 0 spiro atoms. The molecule has 0 amide bonds. The van der Waals surface area contributed by atoms with E-state index in [4.69, 9.17) is 4.74 Å². The number of anilines is 1. The van der Waals surface area contributed by atoms with Gasteiger partial charge in [-0.05, 0) is 44.6 Å². The van der Waals surface area contributed by atoms with Gasteiger partial charge in [0, 0.05) is 11.4 Å². The molecule has 0 atom stereocenters. The maximum atomic E-state index is 12.2. The summed E-state index contributed by atoms with van der Waals surface area (Å²) >= 11 is 1.75. The van der Waals surface area contributed by atoms with Crippen LogP contribution in [0.2, 0.25) is 0 Å². The normalized spacial score (nSPS) is 14.0. The van der Waals surface area contributed by atoms with Gasteiger partial charge in [0.2, 0.25) is 0 Å². The van der Waals surface area contributed by atoms with Gasteiger partial charge in [-0.3, -0.25) is 0 Å². The largest absolute Gasteiger partial charge is 0.462 e. The predicted molar refractivity (Wildman–Crippen MR) is 80.3 cm³/mol. The van der Waals surface area contributed by atoms with Crippen molar-refractivity contribution in [2.24, 2.45) is 0 Å². The van der Waals surface area contributed by atoms with Crippen LogP contribution in [-0.4, -0.2) is 19.1 Å². The number of carbonyl (C=O) groups is 1. The smallest absolute Gasteiger partial charge is 0.341 e. The summed E-state index contributed by atoms with van der Waals surface area (Å²) in [6, 6.07) is 0. The molecule has 0 radical (unpaired) electrons. The van der Waals surface area contributed by atoms with Crippen molar-refractivity contribution in [3.63, 3.8) is 0 Å². The minimum absolute atomic E-state index is 0.152. The van der Waals surface area contributed by atoms with Gasteiger partial charge in [0.1, 0.15) is 5.00 Å². The fourth-order valence-corrected chi connectivity index (χ4v) is 3.79. The van der Waals surface area contributed by atoms with Crippen molar-refractivity contribution in [1.29, 1.82) is 0 Å². The van der Waals surface area contributed by atoms with Crippen LogP contribution in [0.5, 0.6) is 0 Å². The topological polar surface area (TPSA) is 38.3 Å². The third-order valence-corrected chi connectivity index (χ3v) is 4.72. The van der Waals surface area contributed by atoms with Crippen molar-refractivity contribution < 1.29 is 9.53 Å². The van der Waals surface area contributed by atoms with Crippen LogP contribution in [-0.2, 0) is 17.6 Å². The van der Waals surface area contributed by atoms with Crippen molar-refractivity contribution in [2.45, 2.75) is 52.4 Å². The maximum Gasteiger partial charge on any atom is 0.341 e. The number of hydrogen-bond donors (Lipinski definition) is 1. The zero-order valence-electron chi connectivity index (χ0n) is 11.9. The summed E-state index contributed by atoms with van der Waals surface area (Å²) < 4.78 is 5.23. The molecule has 1 aromatic rings. The Morgan fingerprint density at radius 3 is 2.84 bits per heavy atom. The summed E-state index contributed by atoms with van der Waals surface area (Å²) in [5, 5.41) is 4.46. The first-order chi connectivity index (χ1) is 9.27. The minimum Gasteiger partial charge on any atom is -0.462 e. The summed E-state index contributed by atoms with van der Waals surface area (Å²) in [5.74, 6) is -0.152. The molecule has 3 nitrogen and oxygen atoms in total. The molecule has 0 fully saturated rings. The van der Waals surface area contributed by atoms with Gasteiger partial charge in [-0.25, -0.2) is 4.79 Å². The number of hydrogen-bond acceptors (Lipinski definition) is 4. The lowest BCUT2D eigenvalue weighted by molar-refractivity contribution is 0.0526. The first-order valence-electron chi connectivity index (χ1n) is 7.33. The van der Waals surface area contributed by atoms with Crippen LogP contribution in [0, 0.1) is 0 Å². The molecule has 1 aromatic heterocycles. The second kappa shape index (κ2) is 6.94. The first-order valence-corrected chi connectivity index (χ1v) is 8.15. The van der Waals surface area contributed by atoms with E-state index in [0.717, 1.165) is 42.8 Å². The fourth-order valence-electron chi connectivity index (χ4n) is 2.49. The molecule has 0 aliphatic heterocycles. The Bertz CT molecular complexity index is 440. The quantitative estimate of drug-likeness (QED) is 0.632. The lowest BCUT2D eigenvalue weighted by Crippen LogP contribution is -2.12. The Balaban J connectivity index is 2.24. The highest BCUT2D eigenvalue weighted by molar-refractivity contribution is 7.16. The minimum atomic E-state index is -0.152. The SMILES string of the molecule is CCCCNc1sc2c(c1C(=O)OCC)CCCC2. The second-order valence-electron chi connectivity index (χ2n) is 4.92. The van der Waals surface area contributed by atoms with Gasteiger partial charge in [-0.1, -0.05) is 13.3 Å². The van der Waals surface area contributed by atoms with E-state index in [9.17, 15) is 4.79 Å². The standard InChI is InChI=1S/C15H23NO2S/c1-3-5-10-16-14-13(15(17)18-4-2)11-8-6-7-9-12(11)19-14/h16H,3-10H2,1-2H3. The van der Waals surface area contributed by atoms with Gasteiger partial charge in [-0.2, -0.15) is 0 Å². The summed E-state index contributed by atoms with van der Waals surface area (Å²) in [6.45, 7) is 5.41. The Labute approximate surface area is 119 Å². The van der Waals surface area contributed by atoms with Crippen molar-refractivity contribution in [3.8, 4) is 0 Å². The molecule has 1 aliphatic rings. The van der Waals surface area contributed by atoms with Crippen LogP contribution < -0.4 is 5.32 Å². The molecular formula is C15H23NO2S. The van der Waals surface area contributed by atoms with E-state index in [1.165, 1.54) is 23.3 Å². The zero-order valence-corrected chi connectivity index (χ0v) is 12.7. The molecule has 0 bridgehead atoms. The number of thiophene rings is 1. The molecule has 4 heteroatoms. The van der Waals surface area contributed by atoms with Crippen LogP contribution in [0.25, 0.3) is 0 Å². The molecular weight excluding hydrogens is 258 g/mol. The van der Waals surface area contributed by atoms with Crippen molar-refractivity contribution in [2.75, 3.05) is 18.5 Å². The van der Waals surface area contributed by atoms with Crippen LogP contribution >= 0.6 is 11.3 Å². The van der Waals surface area contributed by atoms with Crippen LogP contribution in [0.4, 0.5) is 5.00 Å². The van der Waals surface area contributed by atoms with Gasteiger partial charge >= 0.3 is 5.97 Å². The Kier molecular flexibility index (Phi) is 5.25. The summed E-state index contributed by atoms with van der Waals surface area (Å²) in [4.78, 5) is 13.6. The summed E-state index contributed by atoms with van der Waals surface area (Å²) in [5.41, 5.74) is 2.06. The number of rotatable bonds is 6. The van der Waals surface area contributed by atoms with Crippen LogP contribution in [0.3, 0.4) is 0 Å². The van der Waals surface area contributed by atoms with E-state index in [1.54, 1.807) is 11.3 Å². The third kappa shape index (κ3) is 3.30. The van der Waals surface area contributed by atoms with E-state index < -0.39 is 0 Å². The Morgan fingerprint density at radius 1 is 1.32 bits per heavy atom. The highest BCUT2D eigenvalue weighted by Crippen LogP contribution is 2.38. The molecule has 1 heterocycles. The monoisotopic (exact) mass is 281 g/mol. The molecule has 106 valence electrons. The Hall–Kier alpha value is -1.03. The highest BCUT2D eigenvalue weighted by Gasteiger charge is 2.25. The van der Waals surface area contributed by atoms with Crippen molar-refractivity contribution in [3.05, 3.63) is 16.0 Å². The zero-order chi connectivity index (χ0) is 13.7. The third-order valence-electron chi connectivity index (χ3n) is 3.47. The van der Waals surface area contributed by atoms with Crippen molar-refractivity contribution in [1.82, 2.24) is 0 Å². The Morgan fingerprint density at radius 2 is 2.11 bits per heavy atom. The van der Waals surface area contributed by atoms with Crippen LogP contribution in [0.1, 0.15) is 60.3 Å². The van der Waals surface area contributed by atoms with Gasteiger partial charge in [-0.15, -0.1) is 11.3 Å². The van der Waals surface area contributed by atoms with Crippen molar-refractivity contribution >= 4 is 22.3 Å². The molecule has 1 N–H and O–H groups in total. The lowest BCUT2D eigenvalue weighted by Gasteiger charge is -2.12. The van der Waals surface area contributed by atoms with Gasteiger partial charge in [0.15, 0.2) is 0 Å². The van der Waals surface area contributed by atoms with E-state index in [2.05, 4.69) is 12.2 Å². The van der Waals surface area contributed by atoms with E-state index in [0.29, 0.717) is 6.61 Å². The molecule has 2 rings (SSSR count).